The lowest BCUT2D eigenvalue weighted by Gasteiger charge is -2.34. The molecule has 3 aromatic carbocycles. The van der Waals surface area contributed by atoms with Crippen molar-refractivity contribution in [3.05, 3.63) is 83.4 Å². The second kappa shape index (κ2) is 15.3. The third-order valence-electron chi connectivity index (χ3n) is 10.1. The third-order valence-corrected chi connectivity index (χ3v) is 11.1. The van der Waals surface area contributed by atoms with Gasteiger partial charge in [0.1, 0.15) is 24.2 Å². The van der Waals surface area contributed by atoms with Gasteiger partial charge in [-0.25, -0.2) is 9.10 Å². The number of fused-ring (bicyclic) bond motifs is 2. The van der Waals surface area contributed by atoms with Crippen LogP contribution in [0.1, 0.15) is 63.6 Å². The molecule has 7 rings (SSSR count). The molecule has 270 valence electrons. The molecule has 1 amide bonds. The number of amides is 1. The van der Waals surface area contributed by atoms with Crippen molar-refractivity contribution in [2.45, 2.75) is 95.0 Å². The fourth-order valence-electron chi connectivity index (χ4n) is 7.77. The van der Waals surface area contributed by atoms with Gasteiger partial charge in [-0.05, 0) is 111 Å². The van der Waals surface area contributed by atoms with E-state index in [-0.39, 0.29) is 43.2 Å². The highest BCUT2D eigenvalue weighted by molar-refractivity contribution is 7.97. The molecule has 2 saturated heterocycles. The molecule has 1 aliphatic carbocycles. The highest BCUT2D eigenvalue weighted by atomic mass is 32.2. The number of nitriles is 1. The van der Waals surface area contributed by atoms with E-state index in [2.05, 4.69) is 42.4 Å². The van der Waals surface area contributed by atoms with Crippen LogP contribution in [0, 0.1) is 23.2 Å². The smallest absolute Gasteiger partial charge is 0.412 e. The predicted molar refractivity (Wildman–Crippen MR) is 192 cm³/mol. The maximum Gasteiger partial charge on any atom is 0.412 e. The van der Waals surface area contributed by atoms with Crippen molar-refractivity contribution < 1.29 is 33.2 Å². The molecule has 3 heterocycles. The molecule has 0 aromatic heterocycles. The highest BCUT2D eigenvalue weighted by Crippen LogP contribution is 2.42. The van der Waals surface area contributed by atoms with Gasteiger partial charge in [0.05, 0.1) is 29.9 Å². The molecular formula is C40H47N3O7S. The Kier molecular flexibility index (Phi) is 10.7. The van der Waals surface area contributed by atoms with E-state index in [1.807, 2.05) is 61.2 Å². The number of hydrogen-bond donors (Lipinski definition) is 0. The second-order valence-electron chi connectivity index (χ2n) is 14.7. The predicted octanol–water partition coefficient (Wildman–Crippen LogP) is 7.58. The zero-order chi connectivity index (χ0) is 35.5. The number of ether oxygens (including phenoxy) is 6. The summed E-state index contributed by atoms with van der Waals surface area (Å²) in [4.78, 5) is 17.1. The highest BCUT2D eigenvalue weighted by Gasteiger charge is 2.52. The Morgan fingerprint density at radius 2 is 1.86 bits per heavy atom. The third kappa shape index (κ3) is 8.25. The van der Waals surface area contributed by atoms with E-state index in [1.165, 1.54) is 0 Å². The van der Waals surface area contributed by atoms with E-state index in [9.17, 15) is 10.1 Å². The monoisotopic (exact) mass is 713 g/mol. The number of carbonyl (C=O) groups excluding carboxylic acids is 1. The van der Waals surface area contributed by atoms with Crippen LogP contribution in [0.4, 0.5) is 4.79 Å². The Bertz CT molecular complexity index is 1730. The Hall–Kier alpha value is -3.95. The van der Waals surface area contributed by atoms with E-state index < -0.39 is 5.72 Å². The molecule has 3 fully saturated rings. The first-order valence-electron chi connectivity index (χ1n) is 18.0. The van der Waals surface area contributed by atoms with Crippen LogP contribution < -0.4 is 14.2 Å². The summed E-state index contributed by atoms with van der Waals surface area (Å²) in [5, 5.41) is 9.24. The van der Waals surface area contributed by atoms with Crippen molar-refractivity contribution in [1.82, 2.24) is 9.21 Å². The van der Waals surface area contributed by atoms with Crippen molar-refractivity contribution in [3.63, 3.8) is 0 Å². The molecular weight excluding hydrogens is 667 g/mol. The minimum Gasteiger partial charge on any atom is -0.489 e. The lowest BCUT2D eigenvalue weighted by atomic mass is 9.99. The van der Waals surface area contributed by atoms with Crippen LogP contribution in [0.15, 0.2) is 71.6 Å². The quantitative estimate of drug-likeness (QED) is 0.175. The number of hydrogen-bond acceptors (Lipinski definition) is 10. The topological polar surface area (TPSA) is 103 Å². The Morgan fingerprint density at radius 3 is 2.67 bits per heavy atom. The summed E-state index contributed by atoms with van der Waals surface area (Å²) in [6, 6.07) is 23.4. The molecule has 5 atom stereocenters. The first-order valence-corrected chi connectivity index (χ1v) is 18.8. The number of benzene rings is 3. The fourth-order valence-corrected chi connectivity index (χ4v) is 8.95. The molecule has 11 heteroatoms. The minimum atomic E-state index is -0.884. The van der Waals surface area contributed by atoms with Gasteiger partial charge in [0.15, 0.2) is 11.5 Å². The van der Waals surface area contributed by atoms with E-state index in [4.69, 9.17) is 28.4 Å². The lowest BCUT2D eigenvalue weighted by molar-refractivity contribution is -0.0774. The van der Waals surface area contributed by atoms with E-state index in [0.29, 0.717) is 31.1 Å². The van der Waals surface area contributed by atoms with Crippen molar-refractivity contribution in [3.8, 4) is 23.3 Å². The van der Waals surface area contributed by atoms with Crippen molar-refractivity contribution in [1.29, 1.82) is 5.26 Å². The molecule has 51 heavy (non-hydrogen) atoms. The molecule has 3 aromatic rings. The van der Waals surface area contributed by atoms with Gasteiger partial charge in [-0.3, -0.25) is 4.90 Å². The average Bonchev–Trinajstić information content (AvgIpc) is 3.89. The summed E-state index contributed by atoms with van der Waals surface area (Å²) in [6.07, 6.45) is 2.67. The Morgan fingerprint density at radius 1 is 1.04 bits per heavy atom. The fraction of sp³-hybridized carbons (Fsp3) is 0.500. The van der Waals surface area contributed by atoms with Gasteiger partial charge in [0.25, 0.3) is 0 Å². The summed E-state index contributed by atoms with van der Waals surface area (Å²) >= 11 is 1.67. The van der Waals surface area contributed by atoms with Gasteiger partial charge in [-0.15, -0.1) is 0 Å². The zero-order valence-corrected chi connectivity index (χ0v) is 30.6. The zero-order valence-electron chi connectivity index (χ0n) is 29.8. The van der Waals surface area contributed by atoms with Crippen molar-refractivity contribution in [2.24, 2.45) is 11.8 Å². The van der Waals surface area contributed by atoms with Crippen LogP contribution in [0.25, 0.3) is 0 Å². The van der Waals surface area contributed by atoms with Crippen LogP contribution in [-0.2, 0) is 27.2 Å². The Labute approximate surface area is 305 Å². The first kappa shape index (κ1) is 35.5. The standard InChI is InChI=1S/C40H47N3O7S/c1-26(2)22-42(51-31-12-13-36-37(20-31)48-25-47-36)23-38-33(19-27-8-10-30(11-9-27)46-24-29-7-5-6-28(18-29)21-41)43(40(3,4)50-38)39(44)49-35-15-14-34-32(35)16-17-45-34/h5-13,18,20,26,32-35,38H,14-17,19,22-25H2,1-4H3/t32?,33-,34?,35-,38?/m0/s1. The van der Waals surface area contributed by atoms with E-state index in [0.717, 1.165) is 65.7 Å². The number of nitrogens with zero attached hydrogens (tertiary/aromatic N) is 3. The number of carbonyl (C=O) groups is 1. The van der Waals surface area contributed by atoms with Gasteiger partial charge in [-0.1, -0.05) is 38.1 Å². The van der Waals surface area contributed by atoms with E-state index in [1.54, 1.807) is 18.0 Å². The molecule has 4 aliphatic rings. The normalized spacial score (nSPS) is 24.6. The van der Waals surface area contributed by atoms with Gasteiger partial charge >= 0.3 is 6.09 Å². The molecule has 0 radical (unpaired) electrons. The summed E-state index contributed by atoms with van der Waals surface area (Å²) in [7, 11) is 0. The molecule has 0 spiro atoms. The molecule has 1 saturated carbocycles. The second-order valence-corrected chi connectivity index (χ2v) is 15.9. The van der Waals surface area contributed by atoms with Crippen molar-refractivity contribution >= 4 is 18.0 Å². The largest absolute Gasteiger partial charge is 0.489 e. The first-order chi connectivity index (χ1) is 24.6. The summed E-state index contributed by atoms with van der Waals surface area (Å²) in [6.45, 7) is 11.1. The maximum atomic E-state index is 14.2. The molecule has 0 bridgehead atoms. The molecule has 0 N–H and O–H groups in total. The van der Waals surface area contributed by atoms with Crippen LogP contribution in [0.5, 0.6) is 17.2 Å². The van der Waals surface area contributed by atoms with Crippen LogP contribution in [0.3, 0.4) is 0 Å². The van der Waals surface area contributed by atoms with Crippen LogP contribution in [0.2, 0.25) is 0 Å². The molecule has 3 unspecified atom stereocenters. The van der Waals surface area contributed by atoms with Gasteiger partial charge in [0.2, 0.25) is 6.79 Å². The maximum absolute atomic E-state index is 14.2. The van der Waals surface area contributed by atoms with Gasteiger partial charge < -0.3 is 28.4 Å². The summed E-state index contributed by atoms with van der Waals surface area (Å²) in [5.41, 5.74) is 1.72. The van der Waals surface area contributed by atoms with Crippen molar-refractivity contribution in [2.75, 3.05) is 26.5 Å². The van der Waals surface area contributed by atoms with Gasteiger partial charge in [0, 0.05) is 30.5 Å². The van der Waals surface area contributed by atoms with Gasteiger partial charge in [-0.2, -0.15) is 5.26 Å². The lowest BCUT2D eigenvalue weighted by Crippen LogP contribution is -2.51. The average molecular weight is 714 g/mol. The van der Waals surface area contributed by atoms with E-state index >= 15 is 0 Å². The minimum absolute atomic E-state index is 0.148. The SMILES string of the molecule is CC(C)CN(CC1OC(C)(C)N(C(=O)O[C@H]2CCC3OCCC32)[C@H]1Cc1ccc(OCc2cccc(C#N)c2)cc1)Sc1ccc2c(c1)OCO2. The Balaban J connectivity index is 1.11. The molecule has 10 nitrogen and oxygen atoms in total. The van der Waals surface area contributed by atoms with Crippen LogP contribution >= 0.6 is 11.9 Å². The molecule has 3 aliphatic heterocycles. The summed E-state index contributed by atoms with van der Waals surface area (Å²) < 4.78 is 38.6. The summed E-state index contributed by atoms with van der Waals surface area (Å²) in [5.74, 6) is 2.89. The number of rotatable bonds is 12. The van der Waals surface area contributed by atoms with Crippen LogP contribution in [-0.4, -0.2) is 71.9 Å².